The Morgan fingerprint density at radius 3 is 2.46 bits per heavy atom. The molecule has 0 unspecified atom stereocenters. The number of benzene rings is 2. The van der Waals surface area contributed by atoms with Gasteiger partial charge in [-0.25, -0.2) is 8.42 Å². The lowest BCUT2D eigenvalue weighted by Gasteiger charge is -2.12. The van der Waals surface area contributed by atoms with Crippen LogP contribution in [-0.4, -0.2) is 27.2 Å². The number of hydrogen-bond donors (Lipinski definition) is 2. The SMILES string of the molecule is CS(=O)(=O)Nc1ccccc1NC(=O)COc1cc(Cl)ccc1Cl. The van der Waals surface area contributed by atoms with Gasteiger partial charge in [-0.05, 0) is 24.3 Å². The Bertz CT molecular complexity index is 856. The van der Waals surface area contributed by atoms with Crippen molar-refractivity contribution in [3.05, 3.63) is 52.5 Å². The first-order valence-corrected chi connectivity index (χ1v) is 9.34. The van der Waals surface area contributed by atoms with E-state index in [0.717, 1.165) is 6.26 Å². The number of hydrogen-bond acceptors (Lipinski definition) is 4. The second-order valence-corrected chi connectivity index (χ2v) is 7.42. The second-order valence-electron chi connectivity index (χ2n) is 4.83. The number of rotatable bonds is 6. The average molecular weight is 389 g/mol. The first-order chi connectivity index (χ1) is 11.2. The average Bonchev–Trinajstić information content (AvgIpc) is 2.49. The fourth-order valence-electron chi connectivity index (χ4n) is 1.80. The Morgan fingerprint density at radius 2 is 1.79 bits per heavy atom. The second kappa shape index (κ2) is 7.74. The van der Waals surface area contributed by atoms with Gasteiger partial charge in [0.2, 0.25) is 10.0 Å². The van der Waals surface area contributed by atoms with Crippen molar-refractivity contribution in [1.82, 2.24) is 0 Å². The van der Waals surface area contributed by atoms with Gasteiger partial charge in [0, 0.05) is 11.1 Å². The molecule has 2 N–H and O–H groups in total. The van der Waals surface area contributed by atoms with E-state index in [1.807, 2.05) is 0 Å². The number of amides is 1. The number of nitrogens with one attached hydrogen (secondary N) is 2. The maximum atomic E-state index is 12.0. The third kappa shape index (κ3) is 5.59. The quantitative estimate of drug-likeness (QED) is 0.793. The molecule has 9 heteroatoms. The zero-order valence-electron chi connectivity index (χ0n) is 12.5. The van der Waals surface area contributed by atoms with Gasteiger partial charge >= 0.3 is 0 Å². The summed E-state index contributed by atoms with van der Waals surface area (Å²) in [7, 11) is -3.47. The first kappa shape index (κ1) is 18.4. The molecule has 0 aliphatic carbocycles. The summed E-state index contributed by atoms with van der Waals surface area (Å²) < 4.78 is 30.3. The zero-order valence-corrected chi connectivity index (χ0v) is 14.9. The molecule has 0 aromatic heterocycles. The molecule has 0 aliphatic rings. The summed E-state index contributed by atoms with van der Waals surface area (Å²) >= 11 is 11.8. The third-order valence-electron chi connectivity index (χ3n) is 2.75. The van der Waals surface area contributed by atoms with Crippen LogP contribution in [0.5, 0.6) is 5.75 Å². The molecular formula is C15H14Cl2N2O4S. The number of anilines is 2. The van der Waals surface area contributed by atoms with Gasteiger partial charge < -0.3 is 10.1 Å². The molecule has 0 bridgehead atoms. The van der Waals surface area contributed by atoms with Crippen LogP contribution in [0.3, 0.4) is 0 Å². The molecule has 128 valence electrons. The molecule has 24 heavy (non-hydrogen) atoms. The van der Waals surface area contributed by atoms with Crippen LogP contribution < -0.4 is 14.8 Å². The summed E-state index contributed by atoms with van der Waals surface area (Å²) in [5.41, 5.74) is 0.572. The summed E-state index contributed by atoms with van der Waals surface area (Å²) in [6.07, 6.45) is 1.02. The van der Waals surface area contributed by atoms with Crippen molar-refractivity contribution in [3.63, 3.8) is 0 Å². The number of sulfonamides is 1. The number of carbonyl (C=O) groups excluding carboxylic acids is 1. The first-order valence-electron chi connectivity index (χ1n) is 6.69. The zero-order chi connectivity index (χ0) is 17.7. The van der Waals surface area contributed by atoms with Crippen molar-refractivity contribution >= 4 is 50.5 Å². The summed E-state index contributed by atoms with van der Waals surface area (Å²) in [6, 6.07) is 11.1. The van der Waals surface area contributed by atoms with Gasteiger partial charge in [0.1, 0.15) is 5.75 Å². The summed E-state index contributed by atoms with van der Waals surface area (Å²) in [4.78, 5) is 12.0. The van der Waals surface area contributed by atoms with E-state index in [4.69, 9.17) is 27.9 Å². The van der Waals surface area contributed by atoms with Crippen molar-refractivity contribution in [2.24, 2.45) is 0 Å². The van der Waals surface area contributed by atoms with Gasteiger partial charge in [0.15, 0.2) is 6.61 Å². The predicted molar refractivity (Wildman–Crippen MR) is 95.5 cm³/mol. The van der Waals surface area contributed by atoms with Crippen LogP contribution in [0.2, 0.25) is 10.0 Å². The molecule has 0 heterocycles. The van der Waals surface area contributed by atoms with E-state index >= 15 is 0 Å². The molecule has 0 saturated carbocycles. The Kier molecular flexibility index (Phi) is 5.93. The van der Waals surface area contributed by atoms with Gasteiger partial charge in [-0.2, -0.15) is 0 Å². The van der Waals surface area contributed by atoms with Crippen LogP contribution in [-0.2, 0) is 14.8 Å². The van der Waals surface area contributed by atoms with E-state index in [9.17, 15) is 13.2 Å². The van der Waals surface area contributed by atoms with E-state index in [2.05, 4.69) is 10.0 Å². The van der Waals surface area contributed by atoms with E-state index in [-0.39, 0.29) is 18.0 Å². The number of ether oxygens (including phenoxy) is 1. The molecule has 1 amide bonds. The van der Waals surface area contributed by atoms with Gasteiger partial charge in [-0.1, -0.05) is 35.3 Å². The van der Waals surface area contributed by atoms with Gasteiger partial charge in [0.25, 0.3) is 5.91 Å². The van der Waals surface area contributed by atoms with E-state index < -0.39 is 15.9 Å². The van der Waals surface area contributed by atoms with E-state index in [1.165, 1.54) is 12.1 Å². The Hall–Kier alpha value is -1.96. The fraction of sp³-hybridized carbons (Fsp3) is 0.133. The molecule has 0 fully saturated rings. The maximum absolute atomic E-state index is 12.0. The monoisotopic (exact) mass is 388 g/mol. The molecule has 0 saturated heterocycles. The lowest BCUT2D eigenvalue weighted by molar-refractivity contribution is -0.118. The topological polar surface area (TPSA) is 84.5 Å². The molecule has 0 radical (unpaired) electrons. The highest BCUT2D eigenvalue weighted by atomic mass is 35.5. The Balaban J connectivity index is 2.04. The van der Waals surface area contributed by atoms with Crippen LogP contribution in [0, 0.1) is 0 Å². The molecule has 6 nitrogen and oxygen atoms in total. The fourth-order valence-corrected chi connectivity index (χ4v) is 2.71. The third-order valence-corrected chi connectivity index (χ3v) is 3.89. The molecule has 0 atom stereocenters. The Labute approximate surface area is 149 Å². The lowest BCUT2D eigenvalue weighted by atomic mass is 10.2. The largest absolute Gasteiger partial charge is 0.482 e. The summed E-state index contributed by atoms with van der Waals surface area (Å²) in [5, 5.41) is 3.32. The highest BCUT2D eigenvalue weighted by Gasteiger charge is 2.11. The summed E-state index contributed by atoms with van der Waals surface area (Å²) in [5.74, 6) is -0.198. The van der Waals surface area contributed by atoms with Crippen molar-refractivity contribution < 1.29 is 17.9 Å². The van der Waals surface area contributed by atoms with Gasteiger partial charge in [-0.15, -0.1) is 0 Å². The molecule has 2 aromatic carbocycles. The molecule has 0 aliphatic heterocycles. The van der Waals surface area contributed by atoms with Crippen LogP contribution in [0.25, 0.3) is 0 Å². The molecular weight excluding hydrogens is 375 g/mol. The van der Waals surface area contributed by atoms with Crippen molar-refractivity contribution in [1.29, 1.82) is 0 Å². The smallest absolute Gasteiger partial charge is 0.262 e. The minimum atomic E-state index is -3.47. The van der Waals surface area contributed by atoms with E-state index in [1.54, 1.807) is 30.3 Å². The Morgan fingerprint density at radius 1 is 1.12 bits per heavy atom. The maximum Gasteiger partial charge on any atom is 0.262 e. The standard InChI is InChI=1S/C15H14Cl2N2O4S/c1-24(21,22)19-13-5-3-2-4-12(13)18-15(20)9-23-14-8-10(16)6-7-11(14)17/h2-8,19H,9H2,1H3,(H,18,20). The number of halogens is 2. The van der Waals surface area contributed by atoms with Gasteiger partial charge in [-0.3, -0.25) is 9.52 Å². The van der Waals surface area contributed by atoms with Crippen LogP contribution in [0.4, 0.5) is 11.4 Å². The number of para-hydroxylation sites is 2. The van der Waals surface area contributed by atoms with Gasteiger partial charge in [0.05, 0.1) is 22.7 Å². The lowest BCUT2D eigenvalue weighted by Crippen LogP contribution is -2.21. The normalized spacial score (nSPS) is 11.0. The minimum Gasteiger partial charge on any atom is -0.482 e. The van der Waals surface area contributed by atoms with Crippen LogP contribution >= 0.6 is 23.2 Å². The highest BCUT2D eigenvalue weighted by molar-refractivity contribution is 7.92. The molecule has 2 rings (SSSR count). The predicted octanol–water partition coefficient (Wildman–Crippen LogP) is 3.38. The van der Waals surface area contributed by atoms with Crippen molar-refractivity contribution in [2.75, 3.05) is 22.9 Å². The van der Waals surface area contributed by atoms with Crippen LogP contribution in [0.1, 0.15) is 0 Å². The summed E-state index contributed by atoms with van der Waals surface area (Å²) in [6.45, 7) is -0.312. The van der Waals surface area contributed by atoms with Crippen molar-refractivity contribution in [2.45, 2.75) is 0 Å². The van der Waals surface area contributed by atoms with Crippen molar-refractivity contribution in [3.8, 4) is 5.75 Å². The minimum absolute atomic E-state index is 0.258. The highest BCUT2D eigenvalue weighted by Crippen LogP contribution is 2.28. The molecule has 2 aromatic rings. The molecule has 0 spiro atoms. The van der Waals surface area contributed by atoms with Crippen LogP contribution in [0.15, 0.2) is 42.5 Å². The van der Waals surface area contributed by atoms with E-state index in [0.29, 0.717) is 15.7 Å². The number of carbonyl (C=O) groups is 1.